The highest BCUT2D eigenvalue weighted by Crippen LogP contribution is 2.54. The maximum atomic E-state index is 12.9. The van der Waals surface area contributed by atoms with Gasteiger partial charge in [-0.15, -0.1) is 10.3 Å². The van der Waals surface area contributed by atoms with Gasteiger partial charge in [-0.25, -0.2) is 3.63 Å². The third-order valence-corrected chi connectivity index (χ3v) is 8.61. The van der Waals surface area contributed by atoms with Crippen LogP contribution in [0, 0.1) is 22.7 Å². The maximum Gasteiger partial charge on any atom is 0.523 e. The molecule has 28 heavy (non-hydrogen) atoms. The number of benzene rings is 1. The van der Waals surface area contributed by atoms with Crippen molar-refractivity contribution in [2.45, 2.75) is 5.51 Å². The molecular weight excluding hydrogens is 421 g/mol. The Labute approximate surface area is 161 Å². The SMILES string of the molecule is N#CC(C#N)=C(CS(CCO)(CCO)OS(=O)(=O)C(F)(F)F)c1ccccc1. The van der Waals surface area contributed by atoms with Crippen molar-refractivity contribution < 1.29 is 35.4 Å². The second-order valence-corrected chi connectivity index (χ2v) is 10.3. The van der Waals surface area contributed by atoms with E-state index in [1.54, 1.807) is 30.3 Å². The van der Waals surface area contributed by atoms with Gasteiger partial charge in [-0.2, -0.15) is 32.1 Å². The van der Waals surface area contributed by atoms with Crippen LogP contribution >= 0.6 is 10.3 Å². The number of allylic oxidation sites excluding steroid dienone is 1. The number of halogens is 3. The van der Waals surface area contributed by atoms with E-state index in [-0.39, 0.29) is 5.57 Å². The predicted octanol–water partition coefficient (Wildman–Crippen LogP) is 2.06. The Kier molecular flexibility index (Phi) is 8.48. The van der Waals surface area contributed by atoms with Crippen LogP contribution in [0.1, 0.15) is 5.56 Å². The number of aliphatic hydroxyl groups is 2. The molecule has 1 aromatic rings. The smallest absolute Gasteiger partial charge is 0.395 e. The summed E-state index contributed by atoms with van der Waals surface area (Å²) in [7, 11) is -9.36. The van der Waals surface area contributed by atoms with Crippen LogP contribution in [0.2, 0.25) is 0 Å². The van der Waals surface area contributed by atoms with Gasteiger partial charge in [0.25, 0.3) is 0 Å². The maximum absolute atomic E-state index is 12.9. The predicted molar refractivity (Wildman–Crippen MR) is 97.0 cm³/mol. The average Bonchev–Trinajstić information content (AvgIpc) is 2.61. The largest absolute Gasteiger partial charge is 0.523 e. The third-order valence-electron chi connectivity index (χ3n) is 3.50. The molecule has 0 spiro atoms. The van der Waals surface area contributed by atoms with Gasteiger partial charge in [0.05, 0.1) is 13.2 Å². The van der Waals surface area contributed by atoms with Gasteiger partial charge in [0.2, 0.25) is 0 Å². The summed E-state index contributed by atoms with van der Waals surface area (Å²) in [5.74, 6) is -1.57. The Morgan fingerprint density at radius 1 is 1.04 bits per heavy atom. The Morgan fingerprint density at radius 2 is 1.54 bits per heavy atom. The van der Waals surface area contributed by atoms with Crippen LogP contribution in [-0.4, -0.2) is 54.6 Å². The summed E-state index contributed by atoms with van der Waals surface area (Å²) in [4.78, 5) is 0. The van der Waals surface area contributed by atoms with Crippen molar-refractivity contribution in [3.63, 3.8) is 0 Å². The van der Waals surface area contributed by atoms with Gasteiger partial charge in [-0.05, 0) is 11.1 Å². The van der Waals surface area contributed by atoms with Gasteiger partial charge in [-0.3, -0.25) is 0 Å². The molecule has 0 heterocycles. The monoisotopic (exact) mass is 438 g/mol. The van der Waals surface area contributed by atoms with E-state index in [9.17, 15) is 42.3 Å². The molecule has 0 aliphatic heterocycles. The first-order chi connectivity index (χ1) is 13.1. The van der Waals surface area contributed by atoms with Gasteiger partial charge >= 0.3 is 15.6 Å². The van der Waals surface area contributed by atoms with Crippen LogP contribution in [0.25, 0.3) is 5.57 Å². The molecule has 1 rings (SSSR count). The van der Waals surface area contributed by atoms with Crippen molar-refractivity contribution in [1.29, 1.82) is 10.5 Å². The lowest BCUT2D eigenvalue weighted by Crippen LogP contribution is -2.31. The number of rotatable bonds is 9. The lowest BCUT2D eigenvalue weighted by atomic mass is 10.0. The van der Waals surface area contributed by atoms with Crippen LogP contribution in [0.3, 0.4) is 0 Å². The fraction of sp³-hybridized carbons (Fsp3) is 0.375. The lowest BCUT2D eigenvalue weighted by Gasteiger charge is -2.38. The van der Waals surface area contributed by atoms with Crippen molar-refractivity contribution in [1.82, 2.24) is 0 Å². The van der Waals surface area contributed by atoms with E-state index in [1.165, 1.54) is 12.1 Å². The van der Waals surface area contributed by atoms with Crippen LogP contribution in [0.15, 0.2) is 35.9 Å². The molecule has 2 N–H and O–H groups in total. The second-order valence-electron chi connectivity index (χ2n) is 5.38. The van der Waals surface area contributed by atoms with E-state index in [0.717, 1.165) is 0 Å². The van der Waals surface area contributed by atoms with Crippen molar-refractivity contribution in [3.05, 3.63) is 41.5 Å². The number of aliphatic hydroxyl groups excluding tert-OH is 2. The third kappa shape index (κ3) is 5.95. The van der Waals surface area contributed by atoms with E-state index in [4.69, 9.17) is 0 Å². The molecule has 0 radical (unpaired) electrons. The topological polar surface area (TPSA) is 131 Å². The Bertz CT molecular complexity index is 866. The molecule has 0 aliphatic rings. The molecule has 1 aromatic carbocycles. The number of nitrogens with zero attached hydrogens (tertiary/aromatic N) is 2. The molecule has 0 saturated heterocycles. The summed E-state index contributed by atoms with van der Waals surface area (Å²) >= 11 is 0. The van der Waals surface area contributed by atoms with Crippen LogP contribution in [-0.2, 0) is 13.7 Å². The molecule has 154 valence electrons. The normalized spacial score (nSPS) is 12.7. The molecule has 12 heteroatoms. The number of hydrogen-bond acceptors (Lipinski definition) is 7. The van der Waals surface area contributed by atoms with Gasteiger partial charge in [0, 0.05) is 17.3 Å². The number of alkyl halides is 3. The molecule has 0 unspecified atom stereocenters. The molecule has 7 nitrogen and oxygen atoms in total. The van der Waals surface area contributed by atoms with Crippen molar-refractivity contribution in [2.24, 2.45) is 0 Å². The van der Waals surface area contributed by atoms with Gasteiger partial charge in [-0.1, -0.05) is 30.3 Å². The van der Waals surface area contributed by atoms with Gasteiger partial charge in [0.15, 0.2) is 0 Å². The lowest BCUT2D eigenvalue weighted by molar-refractivity contribution is -0.0496. The molecule has 0 bridgehead atoms. The summed E-state index contributed by atoms with van der Waals surface area (Å²) in [6.45, 7) is -1.45. The summed E-state index contributed by atoms with van der Waals surface area (Å²) in [5, 5.41) is 37.0. The van der Waals surface area contributed by atoms with Crippen molar-refractivity contribution >= 4 is 26.0 Å². The van der Waals surface area contributed by atoms with Gasteiger partial charge in [0.1, 0.15) is 17.7 Å². The Hall–Kier alpha value is -2.09. The first-order valence-corrected chi connectivity index (χ1v) is 11.1. The first kappa shape index (κ1) is 23.9. The standard InChI is InChI=1S/C16H17F3N2O5S2/c17-16(18,19)28(24,25)26-27(8-6-22,9-7-23)12-15(14(10-20)11-21)13-4-2-1-3-5-13/h1-5,22-23H,6-9,12H2. The minimum absolute atomic E-state index is 0.0279. The Balaban J connectivity index is 3.59. The summed E-state index contributed by atoms with van der Waals surface area (Å²) in [6.07, 6.45) is 0. The van der Waals surface area contributed by atoms with Crippen LogP contribution in [0.5, 0.6) is 0 Å². The van der Waals surface area contributed by atoms with Crippen molar-refractivity contribution in [2.75, 3.05) is 30.5 Å². The summed E-state index contributed by atoms with van der Waals surface area (Å²) in [6, 6.07) is 11.0. The fourth-order valence-electron chi connectivity index (χ4n) is 2.26. The Morgan fingerprint density at radius 3 is 1.93 bits per heavy atom. The van der Waals surface area contributed by atoms with E-state index >= 15 is 0 Å². The minimum atomic E-state index is -6.04. The first-order valence-electron chi connectivity index (χ1n) is 7.65. The van der Waals surface area contributed by atoms with E-state index in [0.29, 0.717) is 5.56 Å². The molecule has 0 aliphatic carbocycles. The molecule has 0 atom stereocenters. The zero-order valence-electron chi connectivity index (χ0n) is 14.4. The zero-order chi connectivity index (χ0) is 21.4. The fourth-order valence-corrected chi connectivity index (χ4v) is 6.82. The summed E-state index contributed by atoms with van der Waals surface area (Å²) < 4.78 is 66.3. The van der Waals surface area contributed by atoms with E-state index in [2.05, 4.69) is 3.63 Å². The molecule has 0 amide bonds. The number of nitriles is 2. The van der Waals surface area contributed by atoms with E-state index < -0.39 is 62.0 Å². The summed E-state index contributed by atoms with van der Waals surface area (Å²) in [5.41, 5.74) is -5.87. The molecule has 0 fully saturated rings. The minimum Gasteiger partial charge on any atom is -0.395 e. The van der Waals surface area contributed by atoms with E-state index in [1.807, 2.05) is 0 Å². The average molecular weight is 438 g/mol. The zero-order valence-corrected chi connectivity index (χ0v) is 16.0. The second kappa shape index (κ2) is 9.91. The molecule has 0 saturated carbocycles. The number of hydrogen-bond donors (Lipinski definition) is 2. The highest BCUT2D eigenvalue weighted by Gasteiger charge is 2.51. The quantitative estimate of drug-likeness (QED) is 0.446. The molecule has 0 aromatic heterocycles. The highest BCUT2D eigenvalue weighted by atomic mass is 32.3. The highest BCUT2D eigenvalue weighted by molar-refractivity contribution is 8.33. The van der Waals surface area contributed by atoms with Gasteiger partial charge < -0.3 is 10.2 Å². The van der Waals surface area contributed by atoms with Crippen LogP contribution < -0.4 is 0 Å². The van der Waals surface area contributed by atoms with Crippen molar-refractivity contribution in [3.8, 4) is 12.1 Å². The molecular formula is C16H17F3N2O5S2. The van der Waals surface area contributed by atoms with Crippen LogP contribution in [0.4, 0.5) is 13.2 Å².